The third-order valence-electron chi connectivity index (χ3n) is 0.724. The average Bonchev–Trinajstić information content (AvgIpc) is 2.37. The Morgan fingerprint density at radius 1 is 1.89 bits per heavy atom. The number of carbonyl (C=O) groups excluding carboxylic acids is 1. The van der Waals surface area contributed by atoms with Crippen LogP contribution in [0.3, 0.4) is 0 Å². The Morgan fingerprint density at radius 2 is 2.67 bits per heavy atom. The highest BCUT2D eigenvalue weighted by atomic mass is 32.1. The van der Waals surface area contributed by atoms with Gasteiger partial charge >= 0.3 is 0 Å². The van der Waals surface area contributed by atoms with Gasteiger partial charge in [-0.1, -0.05) is 4.49 Å². The fourth-order valence-electron chi connectivity index (χ4n) is 0.337. The number of nitrogens with zero attached hydrogens (tertiary/aromatic N) is 2. The molecule has 3 N–H and O–H groups in total. The minimum absolute atomic E-state index is 0.252. The average molecular weight is 144 g/mol. The highest BCUT2D eigenvalue weighted by molar-refractivity contribution is 7.03. The van der Waals surface area contributed by atoms with E-state index in [1.165, 1.54) is 5.38 Å². The molecule has 0 unspecified atom stereocenters. The number of hydrogen-bond acceptors (Lipinski definition) is 5. The Morgan fingerprint density at radius 3 is 3.11 bits per heavy atom. The van der Waals surface area contributed by atoms with Crippen molar-refractivity contribution in [2.75, 3.05) is 0 Å². The number of hydrogen-bond donors (Lipinski definition) is 2. The lowest BCUT2D eigenvalue weighted by Gasteiger charge is -1.88. The van der Waals surface area contributed by atoms with Gasteiger partial charge in [0.05, 0.1) is 0 Å². The molecule has 0 aromatic carbocycles. The molecule has 6 heteroatoms. The molecule has 1 rings (SSSR count). The number of aromatic nitrogens is 2. The van der Waals surface area contributed by atoms with Crippen LogP contribution in [0.1, 0.15) is 10.5 Å². The lowest BCUT2D eigenvalue weighted by molar-refractivity contribution is 0.0948. The first-order chi connectivity index (χ1) is 4.34. The van der Waals surface area contributed by atoms with Crippen molar-refractivity contribution >= 4 is 17.4 Å². The molecule has 5 nitrogen and oxygen atoms in total. The van der Waals surface area contributed by atoms with Gasteiger partial charge in [0.15, 0.2) is 5.69 Å². The van der Waals surface area contributed by atoms with Crippen LogP contribution >= 0.6 is 11.5 Å². The molecule has 0 aliphatic rings. The Kier molecular flexibility index (Phi) is 1.71. The van der Waals surface area contributed by atoms with Crippen LogP contribution in [0.4, 0.5) is 0 Å². The fraction of sp³-hybridized carbons (Fsp3) is 0. The first kappa shape index (κ1) is 6.12. The van der Waals surface area contributed by atoms with Gasteiger partial charge in [0, 0.05) is 5.38 Å². The molecule has 0 aliphatic heterocycles. The van der Waals surface area contributed by atoms with E-state index in [0.717, 1.165) is 11.5 Å². The Hall–Kier alpha value is -1.01. The fourth-order valence-corrected chi connectivity index (χ4v) is 0.774. The summed E-state index contributed by atoms with van der Waals surface area (Å²) >= 11 is 1.11. The highest BCUT2D eigenvalue weighted by Crippen LogP contribution is 1.94. The summed E-state index contributed by atoms with van der Waals surface area (Å²) in [6.07, 6.45) is 0. The summed E-state index contributed by atoms with van der Waals surface area (Å²) in [5, 5.41) is 4.98. The molecule has 9 heavy (non-hydrogen) atoms. The van der Waals surface area contributed by atoms with Crippen molar-refractivity contribution in [3.05, 3.63) is 11.1 Å². The number of rotatable bonds is 1. The smallest absolute Gasteiger partial charge is 0.286 e. The number of hydrazine groups is 1. The zero-order valence-electron chi connectivity index (χ0n) is 4.37. The van der Waals surface area contributed by atoms with Gasteiger partial charge in [0.25, 0.3) is 5.91 Å². The topological polar surface area (TPSA) is 80.9 Å². The molecule has 0 atom stereocenters. The summed E-state index contributed by atoms with van der Waals surface area (Å²) in [5.74, 6) is 4.39. The third-order valence-corrected chi connectivity index (χ3v) is 1.23. The van der Waals surface area contributed by atoms with Crippen molar-refractivity contribution in [1.82, 2.24) is 15.0 Å². The standard InChI is InChI=1S/C3H4N4OS/c4-5-3(8)2-1-9-7-6-2/h1H,4H2,(H,5,8). The second-order valence-corrected chi connectivity index (χ2v) is 1.87. The number of nitrogens with one attached hydrogen (secondary N) is 1. The van der Waals surface area contributed by atoms with E-state index in [-0.39, 0.29) is 5.69 Å². The molecule has 0 aliphatic carbocycles. The van der Waals surface area contributed by atoms with Crippen LogP contribution in [-0.2, 0) is 0 Å². The van der Waals surface area contributed by atoms with Crippen molar-refractivity contribution in [3.8, 4) is 0 Å². The maximum Gasteiger partial charge on any atom is 0.286 e. The van der Waals surface area contributed by atoms with E-state index in [2.05, 4.69) is 9.59 Å². The van der Waals surface area contributed by atoms with Crippen molar-refractivity contribution in [2.45, 2.75) is 0 Å². The first-order valence-electron chi connectivity index (χ1n) is 2.12. The van der Waals surface area contributed by atoms with Crippen molar-refractivity contribution in [3.63, 3.8) is 0 Å². The molecule has 1 amide bonds. The van der Waals surface area contributed by atoms with Gasteiger partial charge in [0.1, 0.15) is 0 Å². The van der Waals surface area contributed by atoms with E-state index in [0.29, 0.717) is 0 Å². The van der Waals surface area contributed by atoms with Gasteiger partial charge < -0.3 is 0 Å². The normalized spacial score (nSPS) is 9.00. The first-order valence-corrected chi connectivity index (χ1v) is 2.96. The summed E-state index contributed by atoms with van der Waals surface area (Å²) in [5.41, 5.74) is 2.18. The largest absolute Gasteiger partial charge is 0.289 e. The highest BCUT2D eigenvalue weighted by Gasteiger charge is 2.04. The van der Waals surface area contributed by atoms with Crippen LogP contribution in [-0.4, -0.2) is 15.5 Å². The predicted molar refractivity (Wildman–Crippen MR) is 31.6 cm³/mol. The zero-order valence-corrected chi connectivity index (χ0v) is 5.18. The van der Waals surface area contributed by atoms with Crippen LogP contribution in [0.25, 0.3) is 0 Å². The van der Waals surface area contributed by atoms with Gasteiger partial charge in [-0.3, -0.25) is 10.2 Å². The van der Waals surface area contributed by atoms with Crippen LogP contribution < -0.4 is 11.3 Å². The molecule has 0 spiro atoms. The van der Waals surface area contributed by atoms with Gasteiger partial charge in [0.2, 0.25) is 0 Å². The van der Waals surface area contributed by atoms with E-state index < -0.39 is 5.91 Å². The Labute approximate surface area is 55.0 Å². The third kappa shape index (κ3) is 1.21. The second kappa shape index (κ2) is 2.51. The van der Waals surface area contributed by atoms with E-state index >= 15 is 0 Å². The molecule has 1 aromatic heterocycles. The van der Waals surface area contributed by atoms with Gasteiger partial charge in [-0.25, -0.2) is 5.84 Å². The number of nitrogens with two attached hydrogens (primary N) is 1. The molecule has 0 bridgehead atoms. The van der Waals surface area contributed by atoms with E-state index in [1.807, 2.05) is 5.43 Å². The van der Waals surface area contributed by atoms with Crippen molar-refractivity contribution < 1.29 is 4.79 Å². The summed E-state index contributed by atoms with van der Waals surface area (Å²) < 4.78 is 3.47. The van der Waals surface area contributed by atoms with E-state index in [4.69, 9.17) is 5.84 Å². The molecule has 0 fully saturated rings. The maximum atomic E-state index is 10.5. The Bertz CT molecular complexity index is 196. The molecule has 48 valence electrons. The van der Waals surface area contributed by atoms with Crippen molar-refractivity contribution in [1.29, 1.82) is 0 Å². The molecule has 0 saturated heterocycles. The summed E-state index contributed by atoms with van der Waals surface area (Å²) in [6, 6.07) is 0. The summed E-state index contributed by atoms with van der Waals surface area (Å²) in [7, 11) is 0. The molecule has 1 heterocycles. The molecular formula is C3H4N4OS. The lowest BCUT2D eigenvalue weighted by atomic mass is 10.5. The molecular weight excluding hydrogens is 140 g/mol. The van der Waals surface area contributed by atoms with Crippen LogP contribution in [0.15, 0.2) is 5.38 Å². The van der Waals surface area contributed by atoms with Gasteiger partial charge in [-0.05, 0) is 11.5 Å². The minimum Gasteiger partial charge on any atom is -0.289 e. The van der Waals surface area contributed by atoms with E-state index in [1.54, 1.807) is 0 Å². The van der Waals surface area contributed by atoms with Crippen LogP contribution in [0, 0.1) is 0 Å². The maximum absolute atomic E-state index is 10.5. The predicted octanol–water partition coefficient (Wildman–Crippen LogP) is -0.858. The monoisotopic (exact) mass is 144 g/mol. The number of nitrogen functional groups attached to an aromatic ring is 1. The minimum atomic E-state index is -0.413. The van der Waals surface area contributed by atoms with Crippen LogP contribution in [0.5, 0.6) is 0 Å². The lowest BCUT2D eigenvalue weighted by Crippen LogP contribution is -2.30. The quantitative estimate of drug-likeness (QED) is 0.305. The van der Waals surface area contributed by atoms with E-state index in [9.17, 15) is 4.79 Å². The summed E-state index contributed by atoms with van der Waals surface area (Å²) in [6.45, 7) is 0. The molecule has 0 radical (unpaired) electrons. The Balaban J connectivity index is 2.77. The summed E-state index contributed by atoms with van der Waals surface area (Å²) in [4.78, 5) is 10.5. The van der Waals surface area contributed by atoms with Crippen LogP contribution in [0.2, 0.25) is 0 Å². The molecule has 1 aromatic rings. The van der Waals surface area contributed by atoms with Gasteiger partial charge in [-0.2, -0.15) is 0 Å². The second-order valence-electron chi connectivity index (χ2n) is 1.26. The SMILES string of the molecule is NNC(=O)c1csnn1. The van der Waals surface area contributed by atoms with Crippen molar-refractivity contribution in [2.24, 2.45) is 5.84 Å². The molecule has 0 saturated carbocycles. The number of carbonyl (C=O) groups is 1. The zero-order chi connectivity index (χ0) is 6.69. The number of amides is 1. The van der Waals surface area contributed by atoms with Gasteiger partial charge in [-0.15, -0.1) is 5.10 Å².